The van der Waals surface area contributed by atoms with E-state index in [4.69, 9.17) is 13.9 Å². The fraction of sp³-hybridized carbons (Fsp3) is 0.733. The smallest absolute Gasteiger partial charge is 0.183 e. The number of rotatable bonds is 10. The highest BCUT2D eigenvalue weighted by molar-refractivity contribution is 6.69. The standard InChI is InChI=1S/C15H30O3Si/c1-9-15(10-16-13(2)3,11-17-14(4)5)12-18-19(6,7)8/h2,4,9-12H2,1,3,5-8H3. The summed E-state index contributed by atoms with van der Waals surface area (Å²) in [6.45, 7) is 21.8. The second-order valence-electron chi connectivity index (χ2n) is 6.24. The zero-order valence-electron chi connectivity index (χ0n) is 13.5. The molecule has 0 aliphatic rings. The summed E-state index contributed by atoms with van der Waals surface area (Å²) >= 11 is 0. The van der Waals surface area contributed by atoms with Crippen LogP contribution in [0.15, 0.2) is 24.7 Å². The molecule has 0 saturated carbocycles. The lowest BCUT2D eigenvalue weighted by Gasteiger charge is -2.34. The van der Waals surface area contributed by atoms with Crippen LogP contribution in [0.3, 0.4) is 0 Å². The maximum atomic E-state index is 6.07. The summed E-state index contributed by atoms with van der Waals surface area (Å²) in [6.07, 6.45) is 0.929. The van der Waals surface area contributed by atoms with Crippen LogP contribution >= 0.6 is 0 Å². The van der Waals surface area contributed by atoms with Crippen molar-refractivity contribution in [1.29, 1.82) is 0 Å². The van der Waals surface area contributed by atoms with Crippen molar-refractivity contribution < 1.29 is 13.9 Å². The average Bonchev–Trinajstić information content (AvgIpc) is 2.27. The van der Waals surface area contributed by atoms with Crippen molar-refractivity contribution in [3.63, 3.8) is 0 Å². The summed E-state index contributed by atoms with van der Waals surface area (Å²) in [4.78, 5) is 0. The molecule has 0 aromatic heterocycles. The van der Waals surface area contributed by atoms with Crippen LogP contribution in [0.5, 0.6) is 0 Å². The van der Waals surface area contributed by atoms with Crippen LogP contribution in [0.4, 0.5) is 0 Å². The first kappa shape index (κ1) is 18.3. The molecule has 0 heterocycles. The molecule has 0 bridgehead atoms. The predicted molar refractivity (Wildman–Crippen MR) is 83.6 cm³/mol. The van der Waals surface area contributed by atoms with Gasteiger partial charge in [-0.3, -0.25) is 0 Å². The lowest BCUT2D eigenvalue weighted by Crippen LogP contribution is -2.40. The minimum absolute atomic E-state index is 0.141. The van der Waals surface area contributed by atoms with Crippen molar-refractivity contribution in [3.8, 4) is 0 Å². The van der Waals surface area contributed by atoms with Crippen LogP contribution in [0, 0.1) is 5.41 Å². The first-order chi connectivity index (χ1) is 8.60. The number of ether oxygens (including phenoxy) is 2. The molecule has 0 rings (SSSR count). The molecule has 0 fully saturated rings. The molecule has 19 heavy (non-hydrogen) atoms. The lowest BCUT2D eigenvalue weighted by atomic mass is 9.88. The van der Waals surface area contributed by atoms with Crippen LogP contribution in [0.2, 0.25) is 19.6 Å². The number of hydrogen-bond donors (Lipinski definition) is 0. The van der Waals surface area contributed by atoms with E-state index in [-0.39, 0.29) is 5.41 Å². The maximum Gasteiger partial charge on any atom is 0.183 e. The minimum atomic E-state index is -1.55. The van der Waals surface area contributed by atoms with Gasteiger partial charge in [0.05, 0.1) is 30.1 Å². The molecule has 0 spiro atoms. The largest absolute Gasteiger partial charge is 0.498 e. The van der Waals surface area contributed by atoms with E-state index in [1.54, 1.807) is 0 Å². The van der Waals surface area contributed by atoms with E-state index in [1.807, 2.05) is 13.8 Å². The summed E-state index contributed by atoms with van der Waals surface area (Å²) in [5.74, 6) is 1.45. The van der Waals surface area contributed by atoms with Crippen molar-refractivity contribution >= 4 is 8.32 Å². The highest BCUT2D eigenvalue weighted by Gasteiger charge is 2.33. The van der Waals surface area contributed by atoms with Crippen molar-refractivity contribution in [2.24, 2.45) is 5.41 Å². The van der Waals surface area contributed by atoms with Crippen LogP contribution in [-0.2, 0) is 13.9 Å². The van der Waals surface area contributed by atoms with Gasteiger partial charge in [0.1, 0.15) is 0 Å². The Bertz CT molecular complexity index is 287. The van der Waals surface area contributed by atoms with Gasteiger partial charge in [-0.25, -0.2) is 0 Å². The Morgan fingerprint density at radius 1 is 0.947 bits per heavy atom. The van der Waals surface area contributed by atoms with Crippen LogP contribution in [0.25, 0.3) is 0 Å². The van der Waals surface area contributed by atoms with E-state index >= 15 is 0 Å². The van der Waals surface area contributed by atoms with Gasteiger partial charge in [0.15, 0.2) is 8.32 Å². The Balaban J connectivity index is 4.72. The first-order valence-corrected chi connectivity index (χ1v) is 10.2. The molecule has 0 aromatic carbocycles. The van der Waals surface area contributed by atoms with E-state index in [2.05, 4.69) is 39.7 Å². The molecule has 0 aliphatic heterocycles. The summed E-state index contributed by atoms with van der Waals surface area (Å²) in [7, 11) is -1.55. The maximum absolute atomic E-state index is 6.07. The molecule has 0 aromatic rings. The molecule has 0 aliphatic carbocycles. The number of hydrogen-bond acceptors (Lipinski definition) is 3. The van der Waals surface area contributed by atoms with E-state index in [1.165, 1.54) is 0 Å². The van der Waals surface area contributed by atoms with Crippen LogP contribution < -0.4 is 0 Å². The van der Waals surface area contributed by atoms with Gasteiger partial charge in [-0.2, -0.15) is 0 Å². The second-order valence-corrected chi connectivity index (χ2v) is 10.7. The van der Waals surface area contributed by atoms with Gasteiger partial charge in [-0.15, -0.1) is 0 Å². The molecule has 0 N–H and O–H groups in total. The Kier molecular flexibility index (Phi) is 7.45. The van der Waals surface area contributed by atoms with Gasteiger partial charge < -0.3 is 13.9 Å². The zero-order chi connectivity index (χ0) is 15.1. The highest BCUT2D eigenvalue weighted by Crippen LogP contribution is 2.27. The molecule has 0 amide bonds. The predicted octanol–water partition coefficient (Wildman–Crippen LogP) is 4.33. The van der Waals surface area contributed by atoms with Crippen LogP contribution in [0.1, 0.15) is 27.2 Å². The molecule has 3 nitrogen and oxygen atoms in total. The summed E-state index contributed by atoms with van der Waals surface area (Å²) in [5.41, 5.74) is -0.141. The molecular formula is C15H30O3Si. The van der Waals surface area contributed by atoms with Gasteiger partial charge in [0.25, 0.3) is 0 Å². The van der Waals surface area contributed by atoms with Gasteiger partial charge >= 0.3 is 0 Å². The van der Waals surface area contributed by atoms with Gasteiger partial charge in [0, 0.05) is 6.61 Å². The Morgan fingerprint density at radius 3 is 1.63 bits per heavy atom. The van der Waals surface area contributed by atoms with Crippen molar-refractivity contribution in [2.45, 2.75) is 46.8 Å². The van der Waals surface area contributed by atoms with Crippen molar-refractivity contribution in [2.75, 3.05) is 19.8 Å². The summed E-state index contributed by atoms with van der Waals surface area (Å²) in [5, 5.41) is 0. The molecule has 4 heteroatoms. The fourth-order valence-corrected chi connectivity index (χ4v) is 2.09. The molecule has 112 valence electrons. The quantitative estimate of drug-likeness (QED) is 0.442. The van der Waals surface area contributed by atoms with Gasteiger partial charge in [-0.1, -0.05) is 20.1 Å². The third kappa shape index (κ3) is 8.89. The minimum Gasteiger partial charge on any atom is -0.498 e. The Hall–Kier alpha value is -0.743. The monoisotopic (exact) mass is 286 g/mol. The normalized spacial score (nSPS) is 12.1. The van der Waals surface area contributed by atoms with Crippen molar-refractivity contribution in [1.82, 2.24) is 0 Å². The Morgan fingerprint density at radius 2 is 1.37 bits per heavy atom. The number of allylic oxidation sites excluding steroid dienone is 2. The van der Waals surface area contributed by atoms with Crippen LogP contribution in [-0.4, -0.2) is 28.1 Å². The Labute approximate surface area is 119 Å². The average molecular weight is 286 g/mol. The summed E-state index contributed by atoms with van der Waals surface area (Å²) in [6, 6.07) is 0. The molecule has 0 saturated heterocycles. The molecule has 0 atom stereocenters. The third-order valence-corrected chi connectivity index (χ3v) is 3.82. The highest BCUT2D eigenvalue weighted by atomic mass is 28.4. The van der Waals surface area contributed by atoms with Gasteiger partial charge in [-0.05, 0) is 39.9 Å². The van der Waals surface area contributed by atoms with Crippen molar-refractivity contribution in [3.05, 3.63) is 24.7 Å². The lowest BCUT2D eigenvalue weighted by molar-refractivity contribution is -0.0142. The topological polar surface area (TPSA) is 27.7 Å². The van der Waals surface area contributed by atoms with E-state index in [0.717, 1.165) is 17.9 Å². The molecular weight excluding hydrogens is 256 g/mol. The zero-order valence-corrected chi connectivity index (χ0v) is 14.5. The van der Waals surface area contributed by atoms with E-state index in [9.17, 15) is 0 Å². The van der Waals surface area contributed by atoms with Gasteiger partial charge in [0.2, 0.25) is 0 Å². The first-order valence-electron chi connectivity index (χ1n) is 6.81. The SMILES string of the molecule is C=C(C)OCC(CC)(COC(=C)C)CO[Si](C)(C)C. The third-order valence-electron chi connectivity index (χ3n) is 2.81. The van der Waals surface area contributed by atoms with E-state index in [0.29, 0.717) is 19.8 Å². The summed E-state index contributed by atoms with van der Waals surface area (Å²) < 4.78 is 17.3. The second kappa shape index (κ2) is 7.75. The van der Waals surface area contributed by atoms with E-state index < -0.39 is 8.32 Å². The molecule has 0 radical (unpaired) electrons. The fourth-order valence-electron chi connectivity index (χ4n) is 1.35. The molecule has 0 unspecified atom stereocenters.